The number of aromatic hydroxyl groups is 2. The Bertz CT molecular complexity index is 339. The zero-order valence-electron chi connectivity index (χ0n) is 7.78. The Morgan fingerprint density at radius 1 is 1.43 bits per heavy atom. The normalized spacial score (nSPS) is 9.86. The Kier molecular flexibility index (Phi) is 2.93. The molecule has 0 aromatic heterocycles. The first kappa shape index (κ1) is 10.3. The second-order valence-electron chi connectivity index (χ2n) is 2.75. The molecule has 0 atom stereocenters. The van der Waals surface area contributed by atoms with E-state index < -0.39 is 5.97 Å². The van der Waals surface area contributed by atoms with Crippen molar-refractivity contribution in [1.82, 2.24) is 0 Å². The Balaban J connectivity index is 3.25. The van der Waals surface area contributed by atoms with Crippen LogP contribution in [0.3, 0.4) is 0 Å². The number of hydrogen-bond donors (Lipinski definition) is 3. The predicted molar refractivity (Wildman–Crippen MR) is 47.7 cm³/mol. The van der Waals surface area contributed by atoms with Gasteiger partial charge in [0.05, 0.1) is 13.7 Å². The third-order valence-corrected chi connectivity index (χ3v) is 1.83. The van der Waals surface area contributed by atoms with Gasteiger partial charge in [0.1, 0.15) is 17.1 Å². The molecule has 0 bridgehead atoms. The van der Waals surface area contributed by atoms with E-state index in [9.17, 15) is 15.0 Å². The van der Waals surface area contributed by atoms with Crippen LogP contribution in [-0.2, 0) is 11.3 Å². The zero-order valence-corrected chi connectivity index (χ0v) is 7.78. The first-order valence-corrected chi connectivity index (χ1v) is 4.02. The van der Waals surface area contributed by atoms with Gasteiger partial charge in [0.15, 0.2) is 0 Å². The van der Waals surface area contributed by atoms with Crippen LogP contribution in [0.4, 0.5) is 0 Å². The largest absolute Gasteiger partial charge is 0.507 e. The van der Waals surface area contributed by atoms with Crippen LogP contribution >= 0.6 is 0 Å². The zero-order chi connectivity index (χ0) is 10.7. The van der Waals surface area contributed by atoms with Crippen molar-refractivity contribution in [1.29, 1.82) is 0 Å². The average molecular weight is 198 g/mol. The Morgan fingerprint density at radius 2 is 1.93 bits per heavy atom. The molecular formula is C9H12NO4+. The minimum atomic E-state index is -0.768. The number of benzene rings is 1. The lowest BCUT2D eigenvalue weighted by Crippen LogP contribution is -2.47. The summed E-state index contributed by atoms with van der Waals surface area (Å²) >= 11 is 0. The number of carbonyl (C=O) groups excluding carboxylic acids is 1. The summed E-state index contributed by atoms with van der Waals surface area (Å²) in [6, 6.07) is 2.75. The summed E-state index contributed by atoms with van der Waals surface area (Å²) in [4.78, 5) is 11.1. The number of esters is 1. The van der Waals surface area contributed by atoms with Crippen LogP contribution in [-0.4, -0.2) is 23.3 Å². The van der Waals surface area contributed by atoms with Crippen molar-refractivity contribution in [2.45, 2.75) is 6.54 Å². The molecule has 0 saturated heterocycles. The maximum absolute atomic E-state index is 11.1. The van der Waals surface area contributed by atoms with Crippen LogP contribution in [0.25, 0.3) is 0 Å². The molecule has 5 heteroatoms. The molecule has 0 spiro atoms. The number of ether oxygens (including phenoxy) is 1. The van der Waals surface area contributed by atoms with Crippen molar-refractivity contribution in [3.8, 4) is 11.5 Å². The van der Waals surface area contributed by atoms with Crippen LogP contribution in [0.15, 0.2) is 12.1 Å². The molecule has 0 heterocycles. The summed E-state index contributed by atoms with van der Waals surface area (Å²) in [6.07, 6.45) is 0. The highest BCUT2D eigenvalue weighted by Gasteiger charge is 2.17. The van der Waals surface area contributed by atoms with Crippen LogP contribution in [0.2, 0.25) is 0 Å². The molecule has 1 aromatic carbocycles. The smallest absolute Gasteiger partial charge is 0.345 e. The van der Waals surface area contributed by atoms with Crippen molar-refractivity contribution in [3.63, 3.8) is 0 Å². The van der Waals surface area contributed by atoms with Crippen molar-refractivity contribution in [2.24, 2.45) is 0 Å². The van der Waals surface area contributed by atoms with Gasteiger partial charge in [-0.2, -0.15) is 0 Å². The summed E-state index contributed by atoms with van der Waals surface area (Å²) in [5, 5.41) is 18.8. The number of hydrogen-bond acceptors (Lipinski definition) is 4. The third kappa shape index (κ3) is 1.77. The highest BCUT2D eigenvalue weighted by Crippen LogP contribution is 2.28. The lowest BCUT2D eigenvalue weighted by Gasteiger charge is -2.06. The molecule has 1 aromatic rings. The summed E-state index contributed by atoms with van der Waals surface area (Å²) in [5.41, 5.74) is 4.02. The molecule has 5 N–H and O–H groups in total. The molecule has 0 aliphatic carbocycles. The first-order chi connectivity index (χ1) is 6.60. The van der Waals surface area contributed by atoms with Gasteiger partial charge in [0.2, 0.25) is 0 Å². The lowest BCUT2D eigenvalue weighted by atomic mass is 10.1. The second kappa shape index (κ2) is 3.97. The number of methoxy groups -OCH3 is 1. The molecule has 0 saturated carbocycles. The third-order valence-electron chi connectivity index (χ3n) is 1.83. The summed E-state index contributed by atoms with van der Waals surface area (Å²) in [5.74, 6) is -1.36. The van der Waals surface area contributed by atoms with Crippen LogP contribution in [0.5, 0.6) is 11.5 Å². The van der Waals surface area contributed by atoms with Gasteiger partial charge in [-0.1, -0.05) is 0 Å². The molecule has 14 heavy (non-hydrogen) atoms. The summed E-state index contributed by atoms with van der Waals surface area (Å²) in [6.45, 7) is 0.419. The maximum atomic E-state index is 11.1. The van der Waals surface area contributed by atoms with Gasteiger partial charge in [-0.3, -0.25) is 0 Å². The highest BCUT2D eigenvalue weighted by atomic mass is 16.5. The average Bonchev–Trinajstić information content (AvgIpc) is 2.16. The SMILES string of the molecule is COC(=O)c1c(O)cc(C[NH3+])cc1O. The molecular weight excluding hydrogens is 186 g/mol. The molecule has 76 valence electrons. The molecule has 0 fully saturated rings. The van der Waals surface area contributed by atoms with E-state index in [0.29, 0.717) is 12.1 Å². The number of phenols is 2. The molecule has 5 nitrogen and oxygen atoms in total. The highest BCUT2D eigenvalue weighted by molar-refractivity contribution is 5.95. The Labute approximate surface area is 80.7 Å². The fraction of sp³-hybridized carbons (Fsp3) is 0.222. The molecule has 1 rings (SSSR count). The minimum Gasteiger partial charge on any atom is -0.507 e. The van der Waals surface area contributed by atoms with Gasteiger partial charge < -0.3 is 20.7 Å². The first-order valence-electron chi connectivity index (χ1n) is 4.02. The monoisotopic (exact) mass is 198 g/mol. The van der Waals surface area contributed by atoms with E-state index >= 15 is 0 Å². The Morgan fingerprint density at radius 3 is 2.29 bits per heavy atom. The van der Waals surface area contributed by atoms with Crippen molar-refractivity contribution >= 4 is 5.97 Å². The topological polar surface area (TPSA) is 94.4 Å². The van der Waals surface area contributed by atoms with E-state index in [2.05, 4.69) is 10.5 Å². The van der Waals surface area contributed by atoms with E-state index in [1.807, 2.05) is 0 Å². The van der Waals surface area contributed by atoms with E-state index in [1.54, 1.807) is 0 Å². The van der Waals surface area contributed by atoms with E-state index in [1.165, 1.54) is 19.2 Å². The van der Waals surface area contributed by atoms with Crippen molar-refractivity contribution in [3.05, 3.63) is 23.3 Å². The van der Waals surface area contributed by atoms with Crippen LogP contribution in [0.1, 0.15) is 15.9 Å². The van der Waals surface area contributed by atoms with Gasteiger partial charge >= 0.3 is 5.97 Å². The van der Waals surface area contributed by atoms with Gasteiger partial charge in [-0.05, 0) is 12.1 Å². The number of phenolic OH excluding ortho intramolecular Hbond substituents is 2. The molecule has 0 radical (unpaired) electrons. The van der Waals surface area contributed by atoms with Crippen LogP contribution in [0, 0.1) is 0 Å². The summed E-state index contributed by atoms with van der Waals surface area (Å²) < 4.78 is 4.40. The standard InChI is InChI=1S/C9H11NO4/c1-14-9(13)8-6(11)2-5(4-10)3-7(8)12/h2-3,11-12H,4,10H2,1H3/p+1. The van der Waals surface area contributed by atoms with Gasteiger partial charge in [-0.25, -0.2) is 4.79 Å². The van der Waals surface area contributed by atoms with E-state index in [-0.39, 0.29) is 17.1 Å². The minimum absolute atomic E-state index is 0.218. The fourth-order valence-electron chi connectivity index (χ4n) is 1.12. The number of carbonyl (C=O) groups is 1. The Hall–Kier alpha value is -1.75. The molecule has 0 aliphatic heterocycles. The summed E-state index contributed by atoms with van der Waals surface area (Å²) in [7, 11) is 1.18. The molecule has 0 amide bonds. The second-order valence-corrected chi connectivity index (χ2v) is 2.75. The molecule has 0 unspecified atom stereocenters. The predicted octanol–water partition coefficient (Wildman–Crippen LogP) is -0.374. The van der Waals surface area contributed by atoms with Gasteiger partial charge in [0, 0.05) is 5.56 Å². The lowest BCUT2D eigenvalue weighted by molar-refractivity contribution is -0.386. The fourth-order valence-corrected chi connectivity index (χ4v) is 1.12. The molecule has 0 aliphatic rings. The van der Waals surface area contributed by atoms with Crippen LogP contribution < -0.4 is 5.73 Å². The number of rotatable bonds is 2. The van der Waals surface area contributed by atoms with E-state index in [4.69, 9.17) is 0 Å². The number of quaternary nitrogens is 1. The van der Waals surface area contributed by atoms with E-state index in [0.717, 1.165) is 0 Å². The van der Waals surface area contributed by atoms with Gasteiger partial charge in [-0.15, -0.1) is 0 Å². The maximum Gasteiger partial charge on any atom is 0.345 e. The van der Waals surface area contributed by atoms with Crippen molar-refractivity contribution < 1.29 is 25.5 Å². The van der Waals surface area contributed by atoms with Crippen molar-refractivity contribution in [2.75, 3.05) is 7.11 Å². The van der Waals surface area contributed by atoms with Gasteiger partial charge in [0.25, 0.3) is 0 Å². The quantitative estimate of drug-likeness (QED) is 0.565.